The predicted octanol–water partition coefficient (Wildman–Crippen LogP) is 1.36. The molecule has 0 aromatic carbocycles. The van der Waals surface area contributed by atoms with Gasteiger partial charge in [-0.25, -0.2) is 4.98 Å². The molecule has 31 heavy (non-hydrogen) atoms. The number of methoxy groups -OCH3 is 1. The zero-order valence-electron chi connectivity index (χ0n) is 17.5. The fraction of sp³-hybridized carbons (Fsp3) is 0.500. The fourth-order valence-corrected chi connectivity index (χ4v) is 4.61. The zero-order valence-corrected chi connectivity index (χ0v) is 17.5. The monoisotopic (exact) mass is 426 g/mol. The quantitative estimate of drug-likeness (QED) is 0.662. The van der Waals surface area contributed by atoms with Gasteiger partial charge < -0.3 is 24.1 Å². The summed E-state index contributed by atoms with van der Waals surface area (Å²) in [5.74, 6) is -0.220. The lowest BCUT2D eigenvalue weighted by atomic mass is 9.89. The molecule has 0 radical (unpaired) electrons. The Labute approximate surface area is 178 Å². The van der Waals surface area contributed by atoms with Gasteiger partial charge in [0.2, 0.25) is 0 Å². The van der Waals surface area contributed by atoms with Crippen molar-refractivity contribution in [3.05, 3.63) is 46.5 Å². The lowest BCUT2D eigenvalue weighted by molar-refractivity contribution is -0.157. The van der Waals surface area contributed by atoms with E-state index in [1.165, 1.54) is 4.40 Å². The molecule has 0 bridgehead atoms. The van der Waals surface area contributed by atoms with E-state index in [1.807, 2.05) is 6.07 Å². The van der Waals surface area contributed by atoms with Crippen LogP contribution in [0.25, 0.3) is 16.7 Å². The maximum atomic E-state index is 13.2. The fourth-order valence-electron chi connectivity index (χ4n) is 4.61. The maximum Gasteiger partial charge on any atom is 0.268 e. The van der Waals surface area contributed by atoms with E-state index >= 15 is 0 Å². The Kier molecular flexibility index (Phi) is 5.47. The van der Waals surface area contributed by atoms with Gasteiger partial charge in [0.25, 0.3) is 11.5 Å². The van der Waals surface area contributed by atoms with Crippen molar-refractivity contribution in [2.45, 2.75) is 44.1 Å². The number of amides is 1. The molecule has 3 aromatic rings. The topological polar surface area (TPSA) is 96.1 Å². The average molecular weight is 426 g/mol. The summed E-state index contributed by atoms with van der Waals surface area (Å²) in [4.78, 5) is 30.9. The number of carbonyl (C=O) groups excluding carboxylic acids is 1. The molecule has 1 saturated carbocycles. The molecule has 0 spiro atoms. The molecule has 9 heteroatoms. The molecule has 3 aromatic heterocycles. The number of hydrogen-bond acceptors (Lipinski definition) is 6. The van der Waals surface area contributed by atoms with Crippen molar-refractivity contribution in [2.75, 3.05) is 26.9 Å². The summed E-state index contributed by atoms with van der Waals surface area (Å²) in [6, 6.07) is 7.03. The number of rotatable bonds is 5. The summed E-state index contributed by atoms with van der Waals surface area (Å²) in [6.45, 7) is 2.05. The Hall–Kier alpha value is -2.75. The van der Waals surface area contributed by atoms with Crippen LogP contribution in [0.15, 0.2) is 35.3 Å². The van der Waals surface area contributed by atoms with E-state index in [0.29, 0.717) is 48.7 Å². The summed E-state index contributed by atoms with van der Waals surface area (Å²) in [7, 11) is 1.60. The SMILES string of the molecule is COCCn1c(C(=O)NC2CCC3OCCOC3C2)cc2c(=O)n3ccccc3nc21. The first kappa shape index (κ1) is 20.2. The number of fused-ring (bicyclic) bond motifs is 3. The normalized spacial score (nSPS) is 23.7. The summed E-state index contributed by atoms with van der Waals surface area (Å²) in [5.41, 5.74) is 1.25. The third-order valence-electron chi connectivity index (χ3n) is 6.14. The van der Waals surface area contributed by atoms with Gasteiger partial charge in [0.05, 0.1) is 37.4 Å². The zero-order chi connectivity index (χ0) is 21.4. The van der Waals surface area contributed by atoms with Crippen LogP contribution < -0.4 is 10.9 Å². The molecule has 1 aliphatic carbocycles. The van der Waals surface area contributed by atoms with Gasteiger partial charge in [-0.2, -0.15) is 0 Å². The van der Waals surface area contributed by atoms with Crippen LogP contribution in [0.3, 0.4) is 0 Å². The molecule has 1 amide bonds. The van der Waals surface area contributed by atoms with Gasteiger partial charge in [0.1, 0.15) is 17.0 Å². The second kappa shape index (κ2) is 8.41. The smallest absolute Gasteiger partial charge is 0.268 e. The van der Waals surface area contributed by atoms with Crippen molar-refractivity contribution in [3.63, 3.8) is 0 Å². The van der Waals surface area contributed by atoms with Crippen LogP contribution in [0, 0.1) is 0 Å². The Bertz CT molecular complexity index is 1170. The van der Waals surface area contributed by atoms with Crippen molar-refractivity contribution in [2.24, 2.45) is 0 Å². The van der Waals surface area contributed by atoms with Gasteiger partial charge in [0.15, 0.2) is 0 Å². The van der Waals surface area contributed by atoms with E-state index in [1.54, 1.807) is 36.1 Å². The van der Waals surface area contributed by atoms with Gasteiger partial charge in [-0.05, 0) is 37.5 Å². The van der Waals surface area contributed by atoms with Crippen LogP contribution in [0.5, 0.6) is 0 Å². The van der Waals surface area contributed by atoms with Crippen molar-refractivity contribution < 1.29 is 19.0 Å². The molecule has 3 unspecified atom stereocenters. The van der Waals surface area contributed by atoms with Crippen molar-refractivity contribution >= 4 is 22.6 Å². The highest BCUT2D eigenvalue weighted by Crippen LogP contribution is 2.27. The molecular formula is C22H26N4O5. The molecule has 2 fully saturated rings. The number of nitrogens with zero attached hydrogens (tertiary/aromatic N) is 3. The molecule has 5 rings (SSSR count). The molecule has 1 N–H and O–H groups in total. The average Bonchev–Trinajstić information content (AvgIpc) is 3.16. The molecule has 4 heterocycles. The highest BCUT2D eigenvalue weighted by atomic mass is 16.6. The van der Waals surface area contributed by atoms with E-state index in [9.17, 15) is 9.59 Å². The minimum atomic E-state index is -0.220. The highest BCUT2D eigenvalue weighted by molar-refractivity contribution is 5.98. The second-order valence-corrected chi connectivity index (χ2v) is 8.06. The van der Waals surface area contributed by atoms with Gasteiger partial charge in [0, 0.05) is 25.9 Å². The highest BCUT2D eigenvalue weighted by Gasteiger charge is 2.35. The lowest BCUT2D eigenvalue weighted by Gasteiger charge is -2.39. The Morgan fingerprint density at radius 1 is 1.26 bits per heavy atom. The predicted molar refractivity (Wildman–Crippen MR) is 113 cm³/mol. The molecule has 3 atom stereocenters. The van der Waals surface area contributed by atoms with Gasteiger partial charge in [-0.3, -0.25) is 14.0 Å². The maximum absolute atomic E-state index is 13.2. The van der Waals surface area contributed by atoms with Crippen molar-refractivity contribution in [1.29, 1.82) is 0 Å². The molecular weight excluding hydrogens is 400 g/mol. The van der Waals surface area contributed by atoms with E-state index in [-0.39, 0.29) is 29.7 Å². The van der Waals surface area contributed by atoms with Crippen molar-refractivity contribution in [1.82, 2.24) is 19.3 Å². The number of pyridine rings is 1. The third kappa shape index (κ3) is 3.73. The van der Waals surface area contributed by atoms with Gasteiger partial charge >= 0.3 is 0 Å². The molecule has 164 valence electrons. The molecule has 1 saturated heterocycles. The van der Waals surface area contributed by atoms with E-state index in [2.05, 4.69) is 10.3 Å². The second-order valence-electron chi connectivity index (χ2n) is 8.06. The Balaban J connectivity index is 1.47. The molecule has 2 aliphatic rings. The summed E-state index contributed by atoms with van der Waals surface area (Å²) in [5, 5.41) is 3.55. The van der Waals surface area contributed by atoms with Crippen LogP contribution in [-0.2, 0) is 20.8 Å². The van der Waals surface area contributed by atoms with Gasteiger partial charge in [-0.1, -0.05) is 6.07 Å². The third-order valence-corrected chi connectivity index (χ3v) is 6.14. The van der Waals surface area contributed by atoms with E-state index in [4.69, 9.17) is 14.2 Å². The van der Waals surface area contributed by atoms with Crippen LogP contribution in [-0.4, -0.2) is 65.0 Å². The Morgan fingerprint density at radius 3 is 2.94 bits per heavy atom. The van der Waals surface area contributed by atoms with E-state index < -0.39 is 0 Å². The molecule has 9 nitrogen and oxygen atoms in total. The number of carbonyl (C=O) groups is 1. The van der Waals surface area contributed by atoms with Crippen LogP contribution in [0.2, 0.25) is 0 Å². The van der Waals surface area contributed by atoms with Crippen LogP contribution in [0.1, 0.15) is 29.8 Å². The largest absolute Gasteiger partial charge is 0.383 e. The van der Waals surface area contributed by atoms with Crippen LogP contribution >= 0.6 is 0 Å². The molecule has 1 aliphatic heterocycles. The number of aromatic nitrogens is 3. The van der Waals surface area contributed by atoms with Crippen LogP contribution in [0.4, 0.5) is 0 Å². The first-order valence-electron chi connectivity index (χ1n) is 10.7. The number of nitrogens with one attached hydrogen (secondary N) is 1. The first-order chi connectivity index (χ1) is 15.2. The first-order valence-corrected chi connectivity index (χ1v) is 10.7. The van der Waals surface area contributed by atoms with Crippen molar-refractivity contribution in [3.8, 4) is 0 Å². The number of hydrogen-bond donors (Lipinski definition) is 1. The number of ether oxygens (including phenoxy) is 3. The Morgan fingerprint density at radius 2 is 2.10 bits per heavy atom. The van der Waals surface area contributed by atoms with E-state index in [0.717, 1.165) is 19.3 Å². The standard InChI is InChI=1S/C22H26N4O5/c1-29-9-8-25-16(13-15-20(25)24-19-4-2-3-7-26(19)22(15)28)21(27)23-14-5-6-17-18(12-14)31-11-10-30-17/h2-4,7,13-14,17-18H,5-6,8-12H2,1H3,(H,23,27). The summed E-state index contributed by atoms with van der Waals surface area (Å²) < 4.78 is 20.1. The minimum Gasteiger partial charge on any atom is -0.383 e. The lowest BCUT2D eigenvalue weighted by Crippen LogP contribution is -2.49. The minimum absolute atomic E-state index is 0.00235. The summed E-state index contributed by atoms with van der Waals surface area (Å²) >= 11 is 0. The summed E-state index contributed by atoms with van der Waals surface area (Å²) in [6.07, 6.45) is 4.23. The van der Waals surface area contributed by atoms with Gasteiger partial charge in [-0.15, -0.1) is 0 Å².